The monoisotopic (exact) mass is 351 g/mol. The number of hydrogen-bond acceptors (Lipinski definition) is 2. The first-order chi connectivity index (χ1) is 12.5. The molecule has 1 atom stereocenters. The first-order valence-corrected chi connectivity index (χ1v) is 9.00. The second kappa shape index (κ2) is 8.04. The van der Waals surface area contributed by atoms with Crippen molar-refractivity contribution in [2.24, 2.45) is 5.92 Å². The van der Waals surface area contributed by atoms with Crippen LogP contribution in [0.1, 0.15) is 36.9 Å². The molecule has 0 aromatic heterocycles. The van der Waals surface area contributed by atoms with E-state index in [2.05, 4.69) is 10.6 Å². The molecule has 3 amide bonds. The van der Waals surface area contributed by atoms with Crippen molar-refractivity contribution in [2.45, 2.75) is 32.4 Å². The fourth-order valence-corrected chi connectivity index (χ4v) is 2.78. The Hall–Kier alpha value is -2.82. The van der Waals surface area contributed by atoms with Crippen molar-refractivity contribution in [2.75, 3.05) is 12.4 Å². The average molecular weight is 351 g/mol. The van der Waals surface area contributed by atoms with Gasteiger partial charge in [-0.25, -0.2) is 4.79 Å². The van der Waals surface area contributed by atoms with Crippen LogP contribution in [0, 0.1) is 5.92 Å². The van der Waals surface area contributed by atoms with Gasteiger partial charge in [-0.2, -0.15) is 0 Å². The number of hydrogen-bond donors (Lipinski definition) is 2. The molecule has 1 aliphatic carbocycles. The summed E-state index contributed by atoms with van der Waals surface area (Å²) in [7, 11) is 1.79. The first-order valence-electron chi connectivity index (χ1n) is 9.00. The molecule has 0 spiro atoms. The Morgan fingerprint density at radius 2 is 1.85 bits per heavy atom. The summed E-state index contributed by atoms with van der Waals surface area (Å²) in [6.45, 7) is 2.42. The van der Waals surface area contributed by atoms with E-state index < -0.39 is 0 Å². The van der Waals surface area contributed by atoms with Crippen LogP contribution in [0.2, 0.25) is 0 Å². The number of nitrogens with zero attached hydrogens (tertiary/aromatic N) is 1. The molecule has 0 bridgehead atoms. The maximum absolute atomic E-state index is 12.4. The summed E-state index contributed by atoms with van der Waals surface area (Å²) in [6, 6.07) is 17.4. The van der Waals surface area contributed by atoms with Gasteiger partial charge >= 0.3 is 6.03 Å². The summed E-state index contributed by atoms with van der Waals surface area (Å²) in [4.78, 5) is 26.0. The molecule has 0 saturated heterocycles. The van der Waals surface area contributed by atoms with Crippen LogP contribution in [0.25, 0.3) is 0 Å². The van der Waals surface area contributed by atoms with Gasteiger partial charge in [-0.15, -0.1) is 0 Å². The van der Waals surface area contributed by atoms with Crippen molar-refractivity contribution in [3.05, 3.63) is 65.7 Å². The van der Waals surface area contributed by atoms with E-state index in [9.17, 15) is 9.59 Å². The molecule has 0 radical (unpaired) electrons. The highest BCUT2D eigenvalue weighted by atomic mass is 16.2. The Kier molecular flexibility index (Phi) is 5.56. The summed E-state index contributed by atoms with van der Waals surface area (Å²) in [5.41, 5.74) is 2.82. The van der Waals surface area contributed by atoms with Crippen molar-refractivity contribution >= 4 is 17.6 Å². The van der Waals surface area contributed by atoms with E-state index in [-0.39, 0.29) is 23.9 Å². The number of urea groups is 1. The van der Waals surface area contributed by atoms with Gasteiger partial charge in [-0.05, 0) is 43.0 Å². The highest BCUT2D eigenvalue weighted by Crippen LogP contribution is 2.30. The van der Waals surface area contributed by atoms with Crippen molar-refractivity contribution in [3.8, 4) is 0 Å². The van der Waals surface area contributed by atoms with Gasteiger partial charge in [-0.1, -0.05) is 42.5 Å². The van der Waals surface area contributed by atoms with E-state index in [0.717, 1.165) is 29.7 Å². The average Bonchev–Trinajstić information content (AvgIpc) is 3.51. The van der Waals surface area contributed by atoms with E-state index in [1.165, 1.54) is 0 Å². The number of benzene rings is 2. The molecule has 2 N–H and O–H groups in total. The Labute approximate surface area is 154 Å². The van der Waals surface area contributed by atoms with Crippen molar-refractivity contribution < 1.29 is 9.59 Å². The fraction of sp³-hybridized carbons (Fsp3) is 0.333. The van der Waals surface area contributed by atoms with Crippen LogP contribution in [0.5, 0.6) is 0 Å². The number of anilines is 1. The molecular formula is C21H25N3O2. The predicted molar refractivity (Wildman–Crippen MR) is 103 cm³/mol. The van der Waals surface area contributed by atoms with Crippen LogP contribution < -0.4 is 10.6 Å². The molecule has 136 valence electrons. The number of rotatable bonds is 6. The molecular weight excluding hydrogens is 326 g/mol. The summed E-state index contributed by atoms with van der Waals surface area (Å²) in [5.74, 6) is 0.258. The molecule has 1 saturated carbocycles. The number of carbonyl (C=O) groups excluding carboxylic acids is 2. The molecule has 5 nitrogen and oxygen atoms in total. The number of carbonyl (C=O) groups is 2. The minimum atomic E-state index is -0.131. The lowest BCUT2D eigenvalue weighted by Crippen LogP contribution is -2.38. The van der Waals surface area contributed by atoms with Gasteiger partial charge in [0.2, 0.25) is 5.91 Å². The van der Waals surface area contributed by atoms with E-state index >= 15 is 0 Å². The van der Waals surface area contributed by atoms with Crippen LogP contribution >= 0.6 is 0 Å². The van der Waals surface area contributed by atoms with Crippen LogP contribution in [0.3, 0.4) is 0 Å². The number of nitrogens with one attached hydrogen (secondary N) is 2. The second-order valence-corrected chi connectivity index (χ2v) is 6.82. The molecule has 3 rings (SSSR count). The Balaban J connectivity index is 1.54. The molecule has 2 aromatic carbocycles. The lowest BCUT2D eigenvalue weighted by Gasteiger charge is -2.25. The van der Waals surface area contributed by atoms with Crippen LogP contribution in [-0.4, -0.2) is 23.9 Å². The quantitative estimate of drug-likeness (QED) is 0.828. The molecule has 1 aliphatic rings. The number of amides is 3. The molecule has 26 heavy (non-hydrogen) atoms. The smallest absolute Gasteiger partial charge is 0.317 e. The summed E-state index contributed by atoms with van der Waals surface area (Å²) >= 11 is 0. The molecule has 0 aliphatic heterocycles. The zero-order chi connectivity index (χ0) is 18.5. The van der Waals surface area contributed by atoms with E-state index in [4.69, 9.17) is 0 Å². The zero-order valence-electron chi connectivity index (χ0n) is 15.2. The maximum atomic E-state index is 12.4. The normalized spacial score (nSPS) is 14.4. The molecule has 1 fully saturated rings. The third kappa shape index (κ3) is 4.63. The molecule has 2 aromatic rings. The third-order valence-electron chi connectivity index (χ3n) is 4.77. The van der Waals surface area contributed by atoms with Crippen LogP contribution in [0.4, 0.5) is 10.5 Å². The van der Waals surface area contributed by atoms with Crippen LogP contribution in [0.15, 0.2) is 54.6 Å². The lowest BCUT2D eigenvalue weighted by atomic mass is 10.1. The van der Waals surface area contributed by atoms with Gasteiger partial charge in [0.15, 0.2) is 0 Å². The fourth-order valence-electron chi connectivity index (χ4n) is 2.78. The lowest BCUT2D eigenvalue weighted by molar-refractivity contribution is -0.117. The topological polar surface area (TPSA) is 61.4 Å². The van der Waals surface area contributed by atoms with E-state index in [1.54, 1.807) is 11.9 Å². The Morgan fingerprint density at radius 3 is 2.54 bits per heavy atom. The van der Waals surface area contributed by atoms with E-state index in [0.29, 0.717) is 6.54 Å². The van der Waals surface area contributed by atoms with Gasteiger partial charge in [-0.3, -0.25) is 4.79 Å². The highest BCUT2D eigenvalue weighted by molar-refractivity contribution is 5.94. The molecule has 0 unspecified atom stereocenters. The Morgan fingerprint density at radius 1 is 1.12 bits per heavy atom. The molecule has 0 heterocycles. The SMILES string of the molecule is C[C@H](c1ccccc1)N(C)C(=O)NCc1cccc(NC(=O)C2CC2)c1. The van der Waals surface area contributed by atoms with Crippen molar-refractivity contribution in [1.82, 2.24) is 10.2 Å². The van der Waals surface area contributed by atoms with Gasteiger partial charge < -0.3 is 15.5 Å². The largest absolute Gasteiger partial charge is 0.334 e. The molecule has 5 heteroatoms. The van der Waals surface area contributed by atoms with Gasteiger partial charge in [0.1, 0.15) is 0 Å². The summed E-state index contributed by atoms with van der Waals surface area (Å²) < 4.78 is 0. The van der Waals surface area contributed by atoms with E-state index in [1.807, 2.05) is 61.5 Å². The van der Waals surface area contributed by atoms with Gasteiger partial charge in [0.25, 0.3) is 0 Å². The van der Waals surface area contributed by atoms with Gasteiger partial charge in [0, 0.05) is 25.2 Å². The van der Waals surface area contributed by atoms with Crippen molar-refractivity contribution in [3.63, 3.8) is 0 Å². The third-order valence-corrected chi connectivity index (χ3v) is 4.77. The second-order valence-electron chi connectivity index (χ2n) is 6.82. The van der Waals surface area contributed by atoms with Crippen LogP contribution in [-0.2, 0) is 11.3 Å². The first kappa shape index (κ1) is 18.0. The zero-order valence-corrected chi connectivity index (χ0v) is 15.2. The summed E-state index contributed by atoms with van der Waals surface area (Å²) in [5, 5.41) is 5.87. The predicted octanol–water partition coefficient (Wildman–Crippen LogP) is 3.94. The summed E-state index contributed by atoms with van der Waals surface area (Å²) in [6.07, 6.45) is 1.96. The minimum absolute atomic E-state index is 0.0136. The minimum Gasteiger partial charge on any atom is -0.334 e. The van der Waals surface area contributed by atoms with Crippen molar-refractivity contribution in [1.29, 1.82) is 0 Å². The Bertz CT molecular complexity index is 772. The highest BCUT2D eigenvalue weighted by Gasteiger charge is 2.29. The standard InChI is InChI=1S/C21H25N3O2/c1-15(17-8-4-3-5-9-17)24(2)21(26)22-14-16-7-6-10-19(13-16)23-20(25)18-11-12-18/h3-10,13,15,18H,11-12,14H2,1-2H3,(H,22,26)(H,23,25)/t15-/m1/s1. The van der Waals surface area contributed by atoms with Gasteiger partial charge in [0.05, 0.1) is 6.04 Å². The maximum Gasteiger partial charge on any atom is 0.317 e.